The molecule has 0 heterocycles. The molecular weight excluding hydrogens is 244 g/mol. The maximum atomic E-state index is 11.6. The van der Waals surface area contributed by atoms with E-state index in [1.54, 1.807) is 12.1 Å². The number of carbonyl (C=O) groups is 2. The van der Waals surface area contributed by atoms with Crippen molar-refractivity contribution in [3.8, 4) is 0 Å². The highest BCUT2D eigenvalue weighted by molar-refractivity contribution is 6.31. The summed E-state index contributed by atoms with van der Waals surface area (Å²) in [5, 5.41) is 2.95. The molecule has 6 nitrogen and oxygen atoms in total. The second-order valence-electron chi connectivity index (χ2n) is 3.50. The summed E-state index contributed by atoms with van der Waals surface area (Å²) < 4.78 is 0. The number of nitrogens with one attached hydrogen (secondary N) is 1. The molecule has 0 aliphatic heterocycles. The maximum absolute atomic E-state index is 11.6. The van der Waals surface area contributed by atoms with Crippen LogP contribution in [-0.2, 0) is 9.59 Å². The number of nitrogens with two attached hydrogens (primary N) is 3. The Hall–Kier alpha value is -1.79. The first-order valence-electron chi connectivity index (χ1n) is 4.80. The van der Waals surface area contributed by atoms with Crippen molar-refractivity contribution in [3.05, 3.63) is 23.2 Å². The van der Waals surface area contributed by atoms with E-state index in [2.05, 4.69) is 5.32 Å². The summed E-state index contributed by atoms with van der Waals surface area (Å²) in [5.41, 5.74) is 16.7. The van der Waals surface area contributed by atoms with E-state index >= 15 is 0 Å². The Labute approximate surface area is 103 Å². The van der Waals surface area contributed by atoms with Crippen LogP contribution in [0.15, 0.2) is 18.2 Å². The minimum atomic E-state index is -0.998. The summed E-state index contributed by atoms with van der Waals surface area (Å²) in [6.45, 7) is 0. The van der Waals surface area contributed by atoms with Crippen molar-refractivity contribution in [1.82, 2.24) is 0 Å². The van der Waals surface area contributed by atoms with E-state index in [-0.39, 0.29) is 6.42 Å². The van der Waals surface area contributed by atoms with Gasteiger partial charge in [-0.05, 0) is 18.2 Å². The van der Waals surface area contributed by atoms with Crippen molar-refractivity contribution >= 4 is 34.8 Å². The molecule has 0 spiro atoms. The molecule has 0 fully saturated rings. The molecule has 0 unspecified atom stereocenters. The fraction of sp³-hybridized carbons (Fsp3) is 0.200. The van der Waals surface area contributed by atoms with Gasteiger partial charge in [0, 0.05) is 5.02 Å². The molecule has 2 amide bonds. The first-order valence-corrected chi connectivity index (χ1v) is 5.17. The van der Waals surface area contributed by atoms with E-state index < -0.39 is 17.9 Å². The predicted molar refractivity (Wildman–Crippen MR) is 66.3 cm³/mol. The van der Waals surface area contributed by atoms with Crippen LogP contribution in [0, 0.1) is 0 Å². The zero-order chi connectivity index (χ0) is 13.0. The van der Waals surface area contributed by atoms with E-state index in [0.717, 1.165) is 0 Å². The maximum Gasteiger partial charge on any atom is 0.241 e. The highest BCUT2D eigenvalue weighted by Crippen LogP contribution is 2.22. The van der Waals surface area contributed by atoms with Gasteiger partial charge in [-0.2, -0.15) is 0 Å². The van der Waals surface area contributed by atoms with Gasteiger partial charge in [-0.1, -0.05) is 11.6 Å². The van der Waals surface area contributed by atoms with Crippen molar-refractivity contribution < 1.29 is 9.59 Å². The largest absolute Gasteiger partial charge is 0.397 e. The number of halogens is 1. The number of rotatable bonds is 4. The number of nitrogen functional groups attached to an aromatic ring is 1. The van der Waals surface area contributed by atoms with Gasteiger partial charge in [-0.3, -0.25) is 9.59 Å². The Balaban J connectivity index is 2.71. The van der Waals surface area contributed by atoms with Crippen molar-refractivity contribution in [2.45, 2.75) is 12.5 Å². The number of amides is 2. The smallest absolute Gasteiger partial charge is 0.241 e. The van der Waals surface area contributed by atoms with Gasteiger partial charge in [-0.15, -0.1) is 0 Å². The van der Waals surface area contributed by atoms with Crippen LogP contribution < -0.4 is 22.5 Å². The summed E-state index contributed by atoms with van der Waals surface area (Å²) in [6.07, 6.45) is -0.223. The van der Waals surface area contributed by atoms with Gasteiger partial charge in [0.15, 0.2) is 0 Å². The summed E-state index contributed by atoms with van der Waals surface area (Å²) in [7, 11) is 0. The molecule has 7 heteroatoms. The molecule has 0 radical (unpaired) electrons. The van der Waals surface area contributed by atoms with Crippen LogP contribution in [0.1, 0.15) is 6.42 Å². The standard InChI is InChI=1S/C10H13ClN4O2/c11-5-1-2-8(6(12)3-5)15-10(17)7(13)4-9(14)16/h1-3,7H,4,12-13H2,(H2,14,16)(H,15,17)/t7-/m1/s1. The highest BCUT2D eigenvalue weighted by atomic mass is 35.5. The summed E-state index contributed by atoms with van der Waals surface area (Å²) in [4.78, 5) is 22.2. The van der Waals surface area contributed by atoms with Crippen LogP contribution in [0.4, 0.5) is 11.4 Å². The lowest BCUT2D eigenvalue weighted by Crippen LogP contribution is -2.39. The molecule has 0 bridgehead atoms. The predicted octanol–water partition coefficient (Wildman–Crippen LogP) is 0.0634. The minimum absolute atomic E-state index is 0.223. The molecule has 17 heavy (non-hydrogen) atoms. The van der Waals surface area contributed by atoms with Crippen LogP contribution in [0.3, 0.4) is 0 Å². The third-order valence-electron chi connectivity index (χ3n) is 2.03. The van der Waals surface area contributed by atoms with Gasteiger partial charge >= 0.3 is 0 Å². The summed E-state index contributed by atoms with van der Waals surface area (Å²) in [5.74, 6) is -1.17. The van der Waals surface area contributed by atoms with Gasteiger partial charge in [0.05, 0.1) is 23.8 Å². The molecule has 92 valence electrons. The zero-order valence-corrected chi connectivity index (χ0v) is 9.70. The lowest BCUT2D eigenvalue weighted by Gasteiger charge is -2.12. The van der Waals surface area contributed by atoms with Gasteiger partial charge in [-0.25, -0.2) is 0 Å². The summed E-state index contributed by atoms with van der Waals surface area (Å²) >= 11 is 5.71. The molecule has 1 aromatic rings. The average molecular weight is 257 g/mol. The molecule has 0 aliphatic carbocycles. The fourth-order valence-corrected chi connectivity index (χ4v) is 1.36. The third kappa shape index (κ3) is 3.93. The van der Waals surface area contributed by atoms with Crippen molar-refractivity contribution in [2.24, 2.45) is 11.5 Å². The van der Waals surface area contributed by atoms with E-state index in [1.807, 2.05) is 0 Å². The van der Waals surface area contributed by atoms with Crippen molar-refractivity contribution in [2.75, 3.05) is 11.1 Å². The third-order valence-corrected chi connectivity index (χ3v) is 2.26. The van der Waals surface area contributed by atoms with Crippen LogP contribution in [0.5, 0.6) is 0 Å². The molecule has 0 saturated heterocycles. The molecule has 0 saturated carbocycles. The number of hydrogen-bond donors (Lipinski definition) is 4. The number of benzene rings is 1. The minimum Gasteiger partial charge on any atom is -0.397 e. The second kappa shape index (κ2) is 5.51. The lowest BCUT2D eigenvalue weighted by molar-refractivity contribution is -0.123. The molecule has 1 aromatic carbocycles. The summed E-state index contributed by atoms with van der Waals surface area (Å²) in [6, 6.07) is 3.62. The normalized spacial score (nSPS) is 11.9. The first kappa shape index (κ1) is 13.3. The first-order chi connectivity index (χ1) is 7.90. The quantitative estimate of drug-likeness (QED) is 0.569. The molecule has 1 atom stereocenters. The number of primary amides is 1. The number of carbonyl (C=O) groups excluding carboxylic acids is 2. The van der Waals surface area contributed by atoms with Gasteiger partial charge in [0.1, 0.15) is 0 Å². The SMILES string of the molecule is NC(=O)C[C@@H](N)C(=O)Nc1ccc(Cl)cc1N. The van der Waals surface area contributed by atoms with Crippen LogP contribution in [-0.4, -0.2) is 17.9 Å². The topological polar surface area (TPSA) is 124 Å². The van der Waals surface area contributed by atoms with Crippen LogP contribution in [0.25, 0.3) is 0 Å². The fourth-order valence-electron chi connectivity index (χ4n) is 1.18. The Bertz CT molecular complexity index is 450. The van der Waals surface area contributed by atoms with E-state index in [1.165, 1.54) is 6.07 Å². The lowest BCUT2D eigenvalue weighted by atomic mass is 10.2. The van der Waals surface area contributed by atoms with E-state index in [9.17, 15) is 9.59 Å². The Morgan fingerprint density at radius 3 is 2.59 bits per heavy atom. The van der Waals surface area contributed by atoms with Gasteiger partial charge in [0.2, 0.25) is 11.8 Å². The zero-order valence-electron chi connectivity index (χ0n) is 8.94. The van der Waals surface area contributed by atoms with E-state index in [4.69, 9.17) is 28.8 Å². The van der Waals surface area contributed by atoms with Crippen LogP contribution >= 0.6 is 11.6 Å². The molecule has 0 aromatic heterocycles. The van der Waals surface area contributed by atoms with Crippen molar-refractivity contribution in [3.63, 3.8) is 0 Å². The Morgan fingerprint density at radius 2 is 2.06 bits per heavy atom. The number of hydrogen-bond acceptors (Lipinski definition) is 4. The monoisotopic (exact) mass is 256 g/mol. The molecule has 7 N–H and O–H groups in total. The van der Waals surface area contributed by atoms with Gasteiger partial charge < -0.3 is 22.5 Å². The highest BCUT2D eigenvalue weighted by Gasteiger charge is 2.16. The number of anilines is 2. The molecule has 0 aliphatic rings. The molecular formula is C10H13ClN4O2. The van der Waals surface area contributed by atoms with Crippen molar-refractivity contribution in [1.29, 1.82) is 0 Å². The Kier molecular flexibility index (Phi) is 4.30. The van der Waals surface area contributed by atoms with Crippen LogP contribution in [0.2, 0.25) is 5.02 Å². The average Bonchev–Trinajstić information content (AvgIpc) is 2.21. The van der Waals surface area contributed by atoms with Gasteiger partial charge in [0.25, 0.3) is 0 Å². The van der Waals surface area contributed by atoms with E-state index in [0.29, 0.717) is 16.4 Å². The molecule has 1 rings (SSSR count). The second-order valence-corrected chi connectivity index (χ2v) is 3.93. The Morgan fingerprint density at radius 1 is 1.41 bits per heavy atom.